The molecule has 3 atom stereocenters. The van der Waals surface area contributed by atoms with Gasteiger partial charge in [-0.1, -0.05) is 0 Å². The van der Waals surface area contributed by atoms with E-state index in [1.165, 1.54) is 0 Å². The van der Waals surface area contributed by atoms with Gasteiger partial charge >= 0.3 is 6.09 Å². The third-order valence-corrected chi connectivity index (χ3v) is 8.03. The highest BCUT2D eigenvalue weighted by Gasteiger charge is 2.39. The van der Waals surface area contributed by atoms with Crippen LogP contribution in [0.3, 0.4) is 0 Å². The average molecular weight is 562 g/mol. The Kier molecular flexibility index (Phi) is 11.3. The number of methoxy groups -OCH3 is 2. The SMILES string of the molecule is COCCCOc1cc(C(=O)N(C[C@@H]2CNC[C@H]2CN(C(=O)OC[C@H]2CCCO2)C2CC2)C(C)C)ccc1OC. The lowest BCUT2D eigenvalue weighted by Crippen LogP contribution is -2.45. The highest BCUT2D eigenvalue weighted by Crippen LogP contribution is 2.32. The molecular weight excluding hydrogens is 514 g/mol. The number of hydrogen-bond acceptors (Lipinski definition) is 8. The molecule has 4 rings (SSSR count). The van der Waals surface area contributed by atoms with Crippen molar-refractivity contribution in [2.45, 2.75) is 64.1 Å². The standard InChI is InChI=1S/C30H47N3O7/c1-21(2)32(29(34)22-8-11-27(37-4)28(15-22)39-14-6-12-36-3)18-23-16-31-17-24(23)19-33(25-9-10-25)30(35)40-20-26-7-5-13-38-26/h8,11,15,21,23-26,31H,5-7,9-10,12-14,16-20H2,1-4H3/t23-,24-,26+/m0/s1. The zero-order valence-electron chi connectivity index (χ0n) is 24.6. The van der Waals surface area contributed by atoms with Crippen molar-refractivity contribution in [1.29, 1.82) is 0 Å². The van der Waals surface area contributed by atoms with Gasteiger partial charge in [0.15, 0.2) is 11.5 Å². The minimum Gasteiger partial charge on any atom is -0.493 e. The second-order valence-electron chi connectivity index (χ2n) is 11.4. The first kappa shape index (κ1) is 30.4. The lowest BCUT2D eigenvalue weighted by atomic mass is 9.94. The molecule has 2 heterocycles. The first-order chi connectivity index (χ1) is 19.4. The number of nitrogens with zero attached hydrogens (tertiary/aromatic N) is 2. The molecule has 0 unspecified atom stereocenters. The molecule has 2 aliphatic heterocycles. The molecule has 3 fully saturated rings. The molecule has 1 aromatic carbocycles. The number of carbonyl (C=O) groups is 2. The van der Waals surface area contributed by atoms with Gasteiger partial charge < -0.3 is 38.8 Å². The van der Waals surface area contributed by atoms with Gasteiger partial charge in [0.1, 0.15) is 6.61 Å². The summed E-state index contributed by atoms with van der Waals surface area (Å²) in [6, 6.07) is 5.61. The molecule has 1 N–H and O–H groups in total. The van der Waals surface area contributed by atoms with Crippen LogP contribution in [-0.2, 0) is 14.2 Å². The van der Waals surface area contributed by atoms with E-state index in [1.54, 1.807) is 32.4 Å². The largest absolute Gasteiger partial charge is 0.493 e. The lowest BCUT2D eigenvalue weighted by Gasteiger charge is -2.33. The minimum absolute atomic E-state index is 0.0119. The molecule has 3 aliphatic rings. The molecule has 0 bridgehead atoms. The summed E-state index contributed by atoms with van der Waals surface area (Å²) in [5, 5.41) is 3.50. The van der Waals surface area contributed by atoms with Crippen LogP contribution in [0.1, 0.15) is 56.3 Å². The summed E-state index contributed by atoms with van der Waals surface area (Å²) >= 11 is 0. The van der Waals surface area contributed by atoms with Crippen molar-refractivity contribution in [3.8, 4) is 11.5 Å². The van der Waals surface area contributed by atoms with Crippen molar-refractivity contribution >= 4 is 12.0 Å². The smallest absolute Gasteiger partial charge is 0.410 e. The Balaban J connectivity index is 1.39. The number of hydrogen-bond donors (Lipinski definition) is 1. The van der Waals surface area contributed by atoms with E-state index in [2.05, 4.69) is 5.32 Å². The van der Waals surface area contributed by atoms with Crippen LogP contribution in [0.5, 0.6) is 11.5 Å². The maximum absolute atomic E-state index is 13.8. The fraction of sp³-hybridized carbons (Fsp3) is 0.733. The van der Waals surface area contributed by atoms with Gasteiger partial charge in [0.25, 0.3) is 5.91 Å². The summed E-state index contributed by atoms with van der Waals surface area (Å²) in [5.41, 5.74) is 0.566. The maximum Gasteiger partial charge on any atom is 0.410 e. The van der Waals surface area contributed by atoms with Gasteiger partial charge in [-0.2, -0.15) is 0 Å². The molecule has 1 aliphatic carbocycles. The van der Waals surface area contributed by atoms with Crippen LogP contribution in [0, 0.1) is 11.8 Å². The van der Waals surface area contributed by atoms with E-state index in [0.29, 0.717) is 50.0 Å². The third-order valence-electron chi connectivity index (χ3n) is 8.03. The highest BCUT2D eigenvalue weighted by atomic mass is 16.6. The topological polar surface area (TPSA) is 98.8 Å². The molecule has 10 heteroatoms. The van der Waals surface area contributed by atoms with Crippen LogP contribution < -0.4 is 14.8 Å². The summed E-state index contributed by atoms with van der Waals surface area (Å²) in [4.78, 5) is 30.6. The zero-order valence-corrected chi connectivity index (χ0v) is 24.6. The normalized spacial score (nSPS) is 22.4. The first-order valence-corrected chi connectivity index (χ1v) is 14.8. The second-order valence-corrected chi connectivity index (χ2v) is 11.4. The Morgan fingerprint density at radius 1 is 1.05 bits per heavy atom. The average Bonchev–Trinajstić information content (AvgIpc) is 3.47. The van der Waals surface area contributed by atoms with Crippen LogP contribution in [0.4, 0.5) is 4.79 Å². The van der Waals surface area contributed by atoms with Gasteiger partial charge in [-0.25, -0.2) is 4.79 Å². The van der Waals surface area contributed by atoms with Gasteiger partial charge in [-0.05, 0) is 69.6 Å². The molecule has 0 radical (unpaired) electrons. The number of amides is 2. The van der Waals surface area contributed by atoms with Crippen molar-refractivity contribution in [2.24, 2.45) is 11.8 Å². The minimum atomic E-state index is -0.239. The van der Waals surface area contributed by atoms with E-state index in [1.807, 2.05) is 23.6 Å². The first-order valence-electron chi connectivity index (χ1n) is 14.8. The molecule has 0 aromatic heterocycles. The van der Waals surface area contributed by atoms with Crippen LogP contribution in [-0.4, -0.2) is 107 Å². The molecule has 2 amide bonds. The van der Waals surface area contributed by atoms with Crippen molar-refractivity contribution in [3.05, 3.63) is 23.8 Å². The predicted octanol–water partition coefficient (Wildman–Crippen LogP) is 3.58. The van der Waals surface area contributed by atoms with E-state index in [0.717, 1.165) is 51.8 Å². The fourth-order valence-electron chi connectivity index (χ4n) is 5.50. The van der Waals surface area contributed by atoms with E-state index >= 15 is 0 Å². The Bertz CT molecular complexity index is 965. The van der Waals surface area contributed by atoms with Crippen molar-refractivity contribution in [3.63, 3.8) is 0 Å². The van der Waals surface area contributed by atoms with Crippen molar-refractivity contribution in [1.82, 2.24) is 15.1 Å². The van der Waals surface area contributed by atoms with Gasteiger partial charge in [0.05, 0.1) is 19.8 Å². The van der Waals surface area contributed by atoms with E-state index in [-0.39, 0.29) is 42.0 Å². The van der Waals surface area contributed by atoms with Gasteiger partial charge in [-0.3, -0.25) is 4.79 Å². The molecule has 2 saturated heterocycles. The molecule has 10 nitrogen and oxygen atoms in total. The zero-order chi connectivity index (χ0) is 28.5. The summed E-state index contributed by atoms with van der Waals surface area (Å²) in [6.07, 6.45) is 4.52. The number of carbonyl (C=O) groups excluding carboxylic acids is 2. The molecular formula is C30H47N3O7. The summed E-state index contributed by atoms with van der Waals surface area (Å²) in [5.74, 6) is 1.56. The molecule has 224 valence electrons. The number of benzene rings is 1. The predicted molar refractivity (Wildman–Crippen MR) is 151 cm³/mol. The van der Waals surface area contributed by atoms with Gasteiger partial charge in [-0.15, -0.1) is 0 Å². The summed E-state index contributed by atoms with van der Waals surface area (Å²) in [7, 11) is 3.25. The van der Waals surface area contributed by atoms with Crippen LogP contribution in [0.2, 0.25) is 0 Å². The Labute approximate surface area is 238 Å². The molecule has 1 aromatic rings. The van der Waals surface area contributed by atoms with E-state index in [9.17, 15) is 9.59 Å². The maximum atomic E-state index is 13.8. The van der Waals surface area contributed by atoms with E-state index < -0.39 is 0 Å². The fourth-order valence-corrected chi connectivity index (χ4v) is 5.50. The van der Waals surface area contributed by atoms with E-state index in [4.69, 9.17) is 23.7 Å². The second kappa shape index (κ2) is 14.9. The Morgan fingerprint density at radius 2 is 1.82 bits per heavy atom. The Hall–Kier alpha value is -2.56. The van der Waals surface area contributed by atoms with Gasteiger partial charge in [0.2, 0.25) is 0 Å². The van der Waals surface area contributed by atoms with Crippen molar-refractivity contribution < 1.29 is 33.3 Å². The molecule has 1 saturated carbocycles. The van der Waals surface area contributed by atoms with Crippen molar-refractivity contribution in [2.75, 3.05) is 66.8 Å². The molecule has 40 heavy (non-hydrogen) atoms. The Morgan fingerprint density at radius 3 is 2.48 bits per heavy atom. The number of rotatable bonds is 15. The summed E-state index contributed by atoms with van der Waals surface area (Å²) in [6.45, 7) is 9.08. The van der Waals surface area contributed by atoms with Gasteiger partial charge in [0, 0.05) is 70.6 Å². The number of nitrogens with one attached hydrogen (secondary N) is 1. The summed E-state index contributed by atoms with van der Waals surface area (Å²) < 4.78 is 27.8. The lowest BCUT2D eigenvalue weighted by molar-refractivity contribution is 0.0259. The number of ether oxygens (including phenoxy) is 5. The van der Waals surface area contributed by atoms with Crippen LogP contribution in [0.25, 0.3) is 0 Å². The molecule has 0 spiro atoms. The highest BCUT2D eigenvalue weighted by molar-refractivity contribution is 5.95. The van der Waals surface area contributed by atoms with Crippen LogP contribution in [0.15, 0.2) is 18.2 Å². The quantitative estimate of drug-likeness (QED) is 0.325. The third kappa shape index (κ3) is 8.24. The monoisotopic (exact) mass is 561 g/mol. The van der Waals surface area contributed by atoms with Crippen LogP contribution >= 0.6 is 0 Å².